The van der Waals surface area contributed by atoms with Crippen molar-refractivity contribution in [1.82, 2.24) is 0 Å². The fourth-order valence-electron chi connectivity index (χ4n) is 1.83. The average Bonchev–Trinajstić information content (AvgIpc) is 2.62. The second-order valence-corrected chi connectivity index (χ2v) is 4.63. The van der Waals surface area contributed by atoms with E-state index in [1.807, 2.05) is 0 Å². The molecule has 6 heteroatoms. The first-order valence-corrected chi connectivity index (χ1v) is 7.50. The van der Waals surface area contributed by atoms with E-state index < -0.39 is 4.92 Å². The molecule has 0 fully saturated rings. The van der Waals surface area contributed by atoms with Crippen LogP contribution in [0.3, 0.4) is 0 Å². The second-order valence-electron chi connectivity index (χ2n) is 4.63. The Morgan fingerprint density at radius 1 is 1.00 bits per heavy atom. The van der Waals surface area contributed by atoms with E-state index in [1.54, 1.807) is 56.3 Å². The Kier molecular flexibility index (Phi) is 7.84. The van der Waals surface area contributed by atoms with Crippen molar-refractivity contribution in [2.45, 2.75) is 20.3 Å². The van der Waals surface area contributed by atoms with Crippen molar-refractivity contribution >= 4 is 17.4 Å². The van der Waals surface area contributed by atoms with E-state index in [0.29, 0.717) is 18.6 Å². The maximum atomic E-state index is 12.1. The van der Waals surface area contributed by atoms with Crippen LogP contribution in [0.1, 0.15) is 36.2 Å². The largest absolute Gasteiger partial charge is 0.466 e. The van der Waals surface area contributed by atoms with Crippen LogP contribution >= 0.6 is 0 Å². The molecule has 0 heterocycles. The predicted molar refractivity (Wildman–Crippen MR) is 89.9 cm³/mol. The monoisotopic (exact) mass is 329 g/mol. The number of para-hydroxylation sites is 1. The molecular weight excluding hydrogens is 310 g/mol. The van der Waals surface area contributed by atoms with E-state index in [4.69, 9.17) is 0 Å². The number of nitrogens with zero attached hydrogens (tertiary/aromatic N) is 1. The molecule has 0 saturated heterocycles. The first-order valence-electron chi connectivity index (χ1n) is 7.50. The highest BCUT2D eigenvalue weighted by atomic mass is 16.6. The highest BCUT2D eigenvalue weighted by Gasteiger charge is 2.19. The van der Waals surface area contributed by atoms with Crippen molar-refractivity contribution in [3.05, 3.63) is 75.8 Å². The lowest BCUT2D eigenvalue weighted by Crippen LogP contribution is -2.04. The molecule has 0 aliphatic rings. The number of carbonyl (C=O) groups excluding carboxylic acids is 2. The van der Waals surface area contributed by atoms with E-state index in [-0.39, 0.29) is 23.0 Å². The van der Waals surface area contributed by atoms with Crippen LogP contribution in [-0.4, -0.2) is 23.3 Å². The zero-order chi connectivity index (χ0) is 17.9. The van der Waals surface area contributed by atoms with Crippen molar-refractivity contribution < 1.29 is 19.2 Å². The number of nitro groups is 1. The molecule has 2 aromatic carbocycles. The van der Waals surface area contributed by atoms with Gasteiger partial charge in [0, 0.05) is 18.1 Å². The van der Waals surface area contributed by atoms with Gasteiger partial charge >= 0.3 is 5.97 Å². The lowest BCUT2D eigenvalue weighted by molar-refractivity contribution is -0.385. The van der Waals surface area contributed by atoms with Crippen LogP contribution in [-0.2, 0) is 9.53 Å². The Bertz CT molecular complexity index is 698. The molecule has 0 amide bonds. The summed E-state index contributed by atoms with van der Waals surface area (Å²) in [6, 6.07) is 14.5. The molecule has 0 atom stereocenters. The summed E-state index contributed by atoms with van der Waals surface area (Å²) in [6.07, 6.45) is 0.480. The Balaban J connectivity index is 0.000000351. The summed E-state index contributed by atoms with van der Waals surface area (Å²) in [7, 11) is 0. The third kappa shape index (κ3) is 5.64. The van der Waals surface area contributed by atoms with E-state index in [2.05, 4.69) is 4.74 Å². The molecule has 0 bridgehead atoms. The Morgan fingerprint density at radius 2 is 1.58 bits per heavy atom. The van der Waals surface area contributed by atoms with Gasteiger partial charge < -0.3 is 4.74 Å². The van der Waals surface area contributed by atoms with Gasteiger partial charge in [0.05, 0.1) is 11.5 Å². The van der Waals surface area contributed by atoms with Crippen molar-refractivity contribution in [3.63, 3.8) is 0 Å². The minimum atomic E-state index is -0.545. The molecule has 0 aliphatic carbocycles. The molecule has 0 N–H and O–H groups in total. The van der Waals surface area contributed by atoms with E-state index in [9.17, 15) is 19.7 Å². The van der Waals surface area contributed by atoms with Crippen molar-refractivity contribution in [1.29, 1.82) is 0 Å². The van der Waals surface area contributed by atoms with Crippen LogP contribution in [0, 0.1) is 10.1 Å². The fourth-order valence-corrected chi connectivity index (χ4v) is 1.83. The van der Waals surface area contributed by atoms with Crippen LogP contribution in [0.4, 0.5) is 5.69 Å². The molecule has 0 spiro atoms. The number of esters is 1. The number of ether oxygens (including phenoxy) is 1. The lowest BCUT2D eigenvalue weighted by Gasteiger charge is -2.01. The normalized spacial score (nSPS) is 9.42. The molecule has 0 unspecified atom stereocenters. The van der Waals surface area contributed by atoms with Crippen LogP contribution in [0.25, 0.3) is 0 Å². The molecule has 6 nitrogen and oxygen atoms in total. The summed E-state index contributed by atoms with van der Waals surface area (Å²) in [4.78, 5) is 32.5. The number of nitro benzene ring substituents is 1. The van der Waals surface area contributed by atoms with Crippen molar-refractivity contribution in [2.24, 2.45) is 0 Å². The quantitative estimate of drug-likeness (QED) is 0.360. The minimum Gasteiger partial charge on any atom is -0.466 e. The molecule has 24 heavy (non-hydrogen) atoms. The number of hydrogen-bond acceptors (Lipinski definition) is 5. The molecule has 0 saturated carbocycles. The summed E-state index contributed by atoms with van der Waals surface area (Å²) < 4.78 is 4.55. The number of benzene rings is 2. The van der Waals surface area contributed by atoms with Gasteiger partial charge in [0.25, 0.3) is 5.69 Å². The SMILES string of the molecule is CCOC(=O)CC.O=C(c1ccccc1)c1ccccc1[N+](=O)[O-]. The topological polar surface area (TPSA) is 86.5 Å². The van der Waals surface area contributed by atoms with Crippen LogP contribution < -0.4 is 0 Å². The summed E-state index contributed by atoms with van der Waals surface area (Å²) in [5, 5.41) is 10.8. The highest BCUT2D eigenvalue weighted by Crippen LogP contribution is 2.20. The smallest absolute Gasteiger partial charge is 0.305 e. The van der Waals surface area contributed by atoms with Gasteiger partial charge in [-0.25, -0.2) is 0 Å². The van der Waals surface area contributed by atoms with E-state index in [0.717, 1.165) is 0 Å². The van der Waals surface area contributed by atoms with Crippen molar-refractivity contribution in [2.75, 3.05) is 6.61 Å². The molecule has 126 valence electrons. The van der Waals surface area contributed by atoms with E-state index >= 15 is 0 Å². The summed E-state index contributed by atoms with van der Waals surface area (Å²) in [6.45, 7) is 4.07. The van der Waals surface area contributed by atoms with Crippen LogP contribution in [0.2, 0.25) is 0 Å². The summed E-state index contributed by atoms with van der Waals surface area (Å²) >= 11 is 0. The van der Waals surface area contributed by atoms with Gasteiger partial charge in [0.15, 0.2) is 5.78 Å². The maximum absolute atomic E-state index is 12.1. The minimum absolute atomic E-state index is 0.115. The van der Waals surface area contributed by atoms with Gasteiger partial charge in [-0.2, -0.15) is 0 Å². The Hall–Kier alpha value is -3.02. The first-order chi connectivity index (χ1) is 11.5. The summed E-state index contributed by atoms with van der Waals surface area (Å²) in [5.74, 6) is -0.458. The fraction of sp³-hybridized carbons (Fsp3) is 0.222. The lowest BCUT2D eigenvalue weighted by atomic mass is 10.0. The molecule has 0 aliphatic heterocycles. The van der Waals surface area contributed by atoms with Crippen LogP contribution in [0.5, 0.6) is 0 Å². The van der Waals surface area contributed by atoms with Gasteiger partial charge in [-0.15, -0.1) is 0 Å². The Labute approximate surface area is 140 Å². The van der Waals surface area contributed by atoms with Gasteiger partial charge in [-0.3, -0.25) is 19.7 Å². The molecule has 2 aromatic rings. The summed E-state index contributed by atoms with van der Waals surface area (Å²) in [5.41, 5.74) is 0.395. The Morgan fingerprint density at radius 3 is 2.08 bits per heavy atom. The zero-order valence-electron chi connectivity index (χ0n) is 13.6. The molecular formula is C18H19NO5. The van der Waals surface area contributed by atoms with Gasteiger partial charge in [-0.05, 0) is 13.0 Å². The molecule has 0 aromatic heterocycles. The van der Waals surface area contributed by atoms with Gasteiger partial charge in [-0.1, -0.05) is 49.4 Å². The third-order valence-corrected chi connectivity index (χ3v) is 2.98. The third-order valence-electron chi connectivity index (χ3n) is 2.98. The molecule has 2 rings (SSSR count). The highest BCUT2D eigenvalue weighted by molar-refractivity contribution is 6.11. The van der Waals surface area contributed by atoms with Gasteiger partial charge in [0.1, 0.15) is 5.56 Å². The maximum Gasteiger partial charge on any atom is 0.305 e. The van der Waals surface area contributed by atoms with Crippen molar-refractivity contribution in [3.8, 4) is 0 Å². The number of hydrogen-bond donors (Lipinski definition) is 0. The number of carbonyl (C=O) groups is 2. The second kappa shape index (κ2) is 9.89. The number of rotatable bonds is 5. The predicted octanol–water partition coefficient (Wildman–Crippen LogP) is 3.79. The first kappa shape index (κ1) is 19.0. The standard InChI is InChI=1S/C13H9NO3.C5H10O2/c15-13(10-6-2-1-3-7-10)11-8-4-5-9-12(11)14(16)17;1-3-5(6)7-4-2/h1-9H;3-4H2,1-2H3. The van der Waals surface area contributed by atoms with Gasteiger partial charge in [0.2, 0.25) is 0 Å². The van der Waals surface area contributed by atoms with Crippen LogP contribution in [0.15, 0.2) is 54.6 Å². The van der Waals surface area contributed by atoms with E-state index in [1.165, 1.54) is 12.1 Å². The zero-order valence-corrected chi connectivity index (χ0v) is 13.6. The average molecular weight is 329 g/mol. The molecule has 0 radical (unpaired) electrons. The number of ketones is 1.